The lowest BCUT2D eigenvalue weighted by Gasteiger charge is -2.18. The van der Waals surface area contributed by atoms with Crippen molar-refractivity contribution >= 4 is 11.8 Å². The van der Waals surface area contributed by atoms with Crippen LogP contribution in [0.25, 0.3) is 0 Å². The summed E-state index contributed by atoms with van der Waals surface area (Å²) in [6.07, 6.45) is 2.35. The van der Waals surface area contributed by atoms with E-state index in [1.165, 1.54) is 0 Å². The first kappa shape index (κ1) is 14.9. The first-order valence-corrected chi connectivity index (χ1v) is 5.93. The second-order valence-corrected chi connectivity index (χ2v) is 4.98. The zero-order chi connectivity index (χ0) is 12.7. The fourth-order valence-electron chi connectivity index (χ4n) is 1.48. The average molecular weight is 228 g/mol. The van der Waals surface area contributed by atoms with Gasteiger partial charge in [0.2, 0.25) is 11.8 Å². The van der Waals surface area contributed by atoms with Gasteiger partial charge in [0.1, 0.15) is 6.04 Å². The largest absolute Gasteiger partial charge is 0.368 e. The zero-order valence-electron chi connectivity index (χ0n) is 10.7. The number of nitrogens with one attached hydrogen (secondary N) is 1. The minimum atomic E-state index is -0.549. The lowest BCUT2D eigenvalue weighted by molar-refractivity contribution is -0.128. The Labute approximate surface area is 98.0 Å². The number of hydrogen-bond donors (Lipinski definition) is 2. The Bertz CT molecular complexity index is 237. The van der Waals surface area contributed by atoms with Crippen molar-refractivity contribution in [3.05, 3.63) is 0 Å². The van der Waals surface area contributed by atoms with Crippen molar-refractivity contribution in [1.29, 1.82) is 0 Å². The van der Waals surface area contributed by atoms with Gasteiger partial charge in [-0.3, -0.25) is 9.59 Å². The Morgan fingerprint density at radius 3 is 2.12 bits per heavy atom. The first-order valence-electron chi connectivity index (χ1n) is 5.93. The Morgan fingerprint density at radius 2 is 1.75 bits per heavy atom. The number of carbonyl (C=O) groups excluding carboxylic acids is 2. The van der Waals surface area contributed by atoms with Crippen molar-refractivity contribution in [1.82, 2.24) is 5.32 Å². The second-order valence-electron chi connectivity index (χ2n) is 4.98. The Hall–Kier alpha value is -1.06. The molecule has 0 saturated carbocycles. The molecule has 0 unspecified atom stereocenters. The predicted octanol–water partition coefficient (Wildman–Crippen LogP) is 1.44. The smallest absolute Gasteiger partial charge is 0.240 e. The summed E-state index contributed by atoms with van der Waals surface area (Å²) < 4.78 is 0. The van der Waals surface area contributed by atoms with Gasteiger partial charge in [-0.15, -0.1) is 0 Å². The molecule has 0 aromatic rings. The maximum Gasteiger partial charge on any atom is 0.240 e. The van der Waals surface area contributed by atoms with E-state index in [0.717, 1.165) is 12.8 Å². The number of primary amides is 1. The summed E-state index contributed by atoms with van der Waals surface area (Å²) in [5.41, 5.74) is 5.21. The van der Waals surface area contributed by atoms with Crippen LogP contribution in [0.4, 0.5) is 0 Å². The molecule has 0 radical (unpaired) electrons. The highest BCUT2D eigenvalue weighted by atomic mass is 16.2. The monoisotopic (exact) mass is 228 g/mol. The van der Waals surface area contributed by atoms with Crippen molar-refractivity contribution in [2.24, 2.45) is 17.6 Å². The molecule has 4 heteroatoms. The highest BCUT2D eigenvalue weighted by molar-refractivity contribution is 5.86. The lowest BCUT2D eigenvalue weighted by atomic mass is 10.0. The van der Waals surface area contributed by atoms with Crippen LogP contribution >= 0.6 is 0 Å². The highest BCUT2D eigenvalue weighted by Crippen LogP contribution is 2.07. The molecule has 0 heterocycles. The quantitative estimate of drug-likeness (QED) is 0.692. The van der Waals surface area contributed by atoms with Gasteiger partial charge in [0, 0.05) is 6.42 Å². The van der Waals surface area contributed by atoms with Crippen molar-refractivity contribution in [3.63, 3.8) is 0 Å². The van der Waals surface area contributed by atoms with Gasteiger partial charge >= 0.3 is 0 Å². The molecule has 0 aromatic heterocycles. The summed E-state index contributed by atoms with van der Waals surface area (Å²) in [4.78, 5) is 22.6. The van der Waals surface area contributed by atoms with Gasteiger partial charge in [-0.1, -0.05) is 34.1 Å². The standard InChI is InChI=1S/C12H24N2O2/c1-8(2)6-5-7-10(15)14-11(9(3)4)12(13)16/h8-9,11H,5-7H2,1-4H3,(H2,13,16)(H,14,15)/t11-/m1/s1. The molecule has 0 aliphatic rings. The van der Waals surface area contributed by atoms with E-state index in [1.54, 1.807) is 0 Å². The number of hydrogen-bond acceptors (Lipinski definition) is 2. The van der Waals surface area contributed by atoms with E-state index < -0.39 is 11.9 Å². The van der Waals surface area contributed by atoms with Crippen LogP contribution in [0.1, 0.15) is 47.0 Å². The van der Waals surface area contributed by atoms with Gasteiger partial charge in [-0.25, -0.2) is 0 Å². The molecular weight excluding hydrogens is 204 g/mol. The molecule has 1 atom stereocenters. The van der Waals surface area contributed by atoms with E-state index in [1.807, 2.05) is 13.8 Å². The van der Waals surface area contributed by atoms with Gasteiger partial charge in [0.05, 0.1) is 0 Å². The molecule has 0 aromatic carbocycles. The summed E-state index contributed by atoms with van der Waals surface area (Å²) in [5, 5.41) is 2.68. The normalized spacial score (nSPS) is 12.9. The van der Waals surface area contributed by atoms with Crippen LogP contribution in [-0.2, 0) is 9.59 Å². The van der Waals surface area contributed by atoms with Crippen LogP contribution in [0.2, 0.25) is 0 Å². The highest BCUT2D eigenvalue weighted by Gasteiger charge is 2.21. The van der Waals surface area contributed by atoms with Gasteiger partial charge in [0.25, 0.3) is 0 Å². The van der Waals surface area contributed by atoms with Crippen LogP contribution in [0.3, 0.4) is 0 Å². The molecule has 2 amide bonds. The molecule has 0 aliphatic heterocycles. The molecule has 0 spiro atoms. The third kappa shape index (κ3) is 6.43. The average Bonchev–Trinajstić information content (AvgIpc) is 2.12. The maximum absolute atomic E-state index is 11.5. The topological polar surface area (TPSA) is 72.2 Å². The van der Waals surface area contributed by atoms with Gasteiger partial charge in [0.15, 0.2) is 0 Å². The predicted molar refractivity (Wildman–Crippen MR) is 64.7 cm³/mol. The van der Waals surface area contributed by atoms with Crippen molar-refractivity contribution in [2.45, 2.75) is 53.0 Å². The molecule has 16 heavy (non-hydrogen) atoms. The zero-order valence-corrected chi connectivity index (χ0v) is 10.7. The summed E-state index contributed by atoms with van der Waals surface area (Å²) in [6.45, 7) is 7.98. The Kier molecular flexibility index (Phi) is 6.77. The number of carbonyl (C=O) groups is 2. The molecule has 3 N–H and O–H groups in total. The molecule has 94 valence electrons. The Balaban J connectivity index is 3.97. The van der Waals surface area contributed by atoms with E-state index in [4.69, 9.17) is 5.73 Å². The molecule has 4 nitrogen and oxygen atoms in total. The first-order chi connectivity index (χ1) is 7.34. The van der Waals surface area contributed by atoms with E-state index in [9.17, 15) is 9.59 Å². The second kappa shape index (κ2) is 7.25. The fourth-order valence-corrected chi connectivity index (χ4v) is 1.48. The Morgan fingerprint density at radius 1 is 1.19 bits per heavy atom. The summed E-state index contributed by atoms with van der Waals surface area (Å²) in [7, 11) is 0. The molecular formula is C12H24N2O2. The van der Waals surface area contributed by atoms with E-state index in [2.05, 4.69) is 19.2 Å². The van der Waals surface area contributed by atoms with E-state index in [-0.39, 0.29) is 11.8 Å². The lowest BCUT2D eigenvalue weighted by Crippen LogP contribution is -2.47. The van der Waals surface area contributed by atoms with Crippen molar-refractivity contribution < 1.29 is 9.59 Å². The number of amides is 2. The maximum atomic E-state index is 11.5. The van der Waals surface area contributed by atoms with Crippen molar-refractivity contribution in [2.75, 3.05) is 0 Å². The third-order valence-corrected chi connectivity index (χ3v) is 2.47. The number of rotatable bonds is 7. The molecule has 0 fully saturated rings. The van der Waals surface area contributed by atoms with Crippen LogP contribution in [0, 0.1) is 11.8 Å². The minimum Gasteiger partial charge on any atom is -0.368 e. The van der Waals surface area contributed by atoms with Crippen LogP contribution in [-0.4, -0.2) is 17.9 Å². The van der Waals surface area contributed by atoms with E-state index in [0.29, 0.717) is 12.3 Å². The fraction of sp³-hybridized carbons (Fsp3) is 0.833. The van der Waals surface area contributed by atoms with Gasteiger partial charge in [-0.05, 0) is 18.3 Å². The van der Waals surface area contributed by atoms with Gasteiger partial charge < -0.3 is 11.1 Å². The summed E-state index contributed by atoms with van der Waals surface area (Å²) in [6, 6.07) is -0.549. The van der Waals surface area contributed by atoms with Crippen LogP contribution in [0.5, 0.6) is 0 Å². The number of nitrogens with two attached hydrogens (primary N) is 1. The molecule has 0 rings (SSSR count). The third-order valence-electron chi connectivity index (χ3n) is 2.47. The minimum absolute atomic E-state index is 0.0338. The van der Waals surface area contributed by atoms with Crippen LogP contribution in [0.15, 0.2) is 0 Å². The summed E-state index contributed by atoms with van der Waals surface area (Å²) in [5.74, 6) is 0.0849. The summed E-state index contributed by atoms with van der Waals surface area (Å²) >= 11 is 0. The van der Waals surface area contributed by atoms with Gasteiger partial charge in [-0.2, -0.15) is 0 Å². The molecule has 0 saturated heterocycles. The molecule has 0 bridgehead atoms. The molecule has 0 aliphatic carbocycles. The van der Waals surface area contributed by atoms with E-state index >= 15 is 0 Å². The SMILES string of the molecule is CC(C)CCCC(=O)N[C@@H](C(N)=O)C(C)C. The van der Waals surface area contributed by atoms with Crippen molar-refractivity contribution in [3.8, 4) is 0 Å². The van der Waals surface area contributed by atoms with Crippen LogP contribution < -0.4 is 11.1 Å².